The van der Waals surface area contributed by atoms with E-state index in [0.717, 1.165) is 22.6 Å². The Labute approximate surface area is 127 Å². The molecule has 0 unspecified atom stereocenters. The molecule has 0 saturated carbocycles. The molecule has 0 heterocycles. The van der Waals surface area contributed by atoms with Gasteiger partial charge in [-0.1, -0.05) is 50.6 Å². The zero-order valence-electron chi connectivity index (χ0n) is 13.7. The molecule has 2 aromatic carbocycles. The topological polar surface area (TPSA) is 35.2 Å². The third-order valence-electron chi connectivity index (χ3n) is 3.70. The number of rotatable bonds is 3. The van der Waals surface area contributed by atoms with Crippen molar-refractivity contribution in [3.8, 4) is 11.5 Å². The molecule has 0 aromatic heterocycles. The first-order valence-electron chi connectivity index (χ1n) is 7.40. The van der Waals surface area contributed by atoms with E-state index in [0.29, 0.717) is 6.54 Å². The molecule has 0 spiro atoms. The molecule has 0 aliphatic rings. The standard InChI is InChI=1S/C19H25NO/c1-13-6-8-18(15(10-13)12-20)21-17-9-7-16(11-14(17)2)19(3,4)5/h6-11H,12,20H2,1-5H3. The van der Waals surface area contributed by atoms with Crippen molar-refractivity contribution >= 4 is 0 Å². The molecule has 0 bridgehead atoms. The number of ether oxygens (including phenoxy) is 1. The molecule has 0 aliphatic carbocycles. The van der Waals surface area contributed by atoms with E-state index < -0.39 is 0 Å². The summed E-state index contributed by atoms with van der Waals surface area (Å²) in [6.07, 6.45) is 0. The smallest absolute Gasteiger partial charge is 0.131 e. The molecule has 0 saturated heterocycles. The average molecular weight is 283 g/mol. The minimum atomic E-state index is 0.148. The van der Waals surface area contributed by atoms with Gasteiger partial charge >= 0.3 is 0 Å². The summed E-state index contributed by atoms with van der Waals surface area (Å²) in [7, 11) is 0. The first-order valence-corrected chi connectivity index (χ1v) is 7.40. The van der Waals surface area contributed by atoms with Gasteiger partial charge in [-0.05, 0) is 42.5 Å². The Bertz CT molecular complexity index is 638. The SMILES string of the molecule is Cc1ccc(Oc2ccc(C(C)(C)C)cc2C)c(CN)c1. The molecule has 2 nitrogen and oxygen atoms in total. The monoisotopic (exact) mass is 283 g/mol. The lowest BCUT2D eigenvalue weighted by Crippen LogP contribution is -2.11. The largest absolute Gasteiger partial charge is 0.457 e. The fraction of sp³-hybridized carbons (Fsp3) is 0.368. The minimum absolute atomic E-state index is 0.148. The van der Waals surface area contributed by atoms with Crippen molar-refractivity contribution in [2.24, 2.45) is 5.73 Å². The quantitative estimate of drug-likeness (QED) is 0.873. The zero-order valence-corrected chi connectivity index (χ0v) is 13.7. The highest BCUT2D eigenvalue weighted by atomic mass is 16.5. The van der Waals surface area contributed by atoms with Gasteiger partial charge in [0.25, 0.3) is 0 Å². The normalized spacial score (nSPS) is 11.5. The van der Waals surface area contributed by atoms with Crippen LogP contribution in [-0.4, -0.2) is 0 Å². The van der Waals surface area contributed by atoms with Crippen molar-refractivity contribution in [1.29, 1.82) is 0 Å². The van der Waals surface area contributed by atoms with Crippen molar-refractivity contribution in [2.45, 2.75) is 46.6 Å². The van der Waals surface area contributed by atoms with E-state index in [1.807, 2.05) is 12.1 Å². The fourth-order valence-electron chi connectivity index (χ4n) is 2.32. The predicted octanol–water partition coefficient (Wildman–Crippen LogP) is 4.85. The van der Waals surface area contributed by atoms with Gasteiger partial charge in [-0.3, -0.25) is 0 Å². The summed E-state index contributed by atoms with van der Waals surface area (Å²) in [5, 5.41) is 0. The molecule has 2 rings (SSSR count). The third-order valence-corrected chi connectivity index (χ3v) is 3.70. The zero-order chi connectivity index (χ0) is 15.6. The molecule has 0 atom stereocenters. The second kappa shape index (κ2) is 5.90. The van der Waals surface area contributed by atoms with E-state index in [-0.39, 0.29) is 5.41 Å². The van der Waals surface area contributed by atoms with Crippen LogP contribution in [0.5, 0.6) is 11.5 Å². The summed E-state index contributed by atoms with van der Waals surface area (Å²) >= 11 is 0. The van der Waals surface area contributed by atoms with Crippen molar-refractivity contribution < 1.29 is 4.74 Å². The summed E-state index contributed by atoms with van der Waals surface area (Å²) in [4.78, 5) is 0. The van der Waals surface area contributed by atoms with Gasteiger partial charge in [0.2, 0.25) is 0 Å². The van der Waals surface area contributed by atoms with Crippen LogP contribution in [0.25, 0.3) is 0 Å². The fourth-order valence-corrected chi connectivity index (χ4v) is 2.32. The van der Waals surface area contributed by atoms with Crippen LogP contribution < -0.4 is 10.5 Å². The molecule has 2 heteroatoms. The molecular weight excluding hydrogens is 258 g/mol. The Morgan fingerprint density at radius 1 is 0.952 bits per heavy atom. The molecule has 21 heavy (non-hydrogen) atoms. The Balaban J connectivity index is 2.32. The molecule has 2 aromatic rings. The predicted molar refractivity (Wildman–Crippen MR) is 89.0 cm³/mol. The highest BCUT2D eigenvalue weighted by Crippen LogP contribution is 2.32. The number of aryl methyl sites for hydroxylation is 2. The van der Waals surface area contributed by atoms with E-state index >= 15 is 0 Å². The maximum absolute atomic E-state index is 6.07. The second-order valence-corrected chi connectivity index (χ2v) is 6.65. The highest BCUT2D eigenvalue weighted by molar-refractivity contribution is 5.44. The first-order chi connectivity index (χ1) is 9.81. The summed E-state index contributed by atoms with van der Waals surface area (Å²) < 4.78 is 6.07. The van der Waals surface area contributed by atoms with E-state index in [1.54, 1.807) is 0 Å². The van der Waals surface area contributed by atoms with E-state index in [9.17, 15) is 0 Å². The lowest BCUT2D eigenvalue weighted by atomic mass is 9.86. The Morgan fingerprint density at radius 2 is 1.62 bits per heavy atom. The lowest BCUT2D eigenvalue weighted by Gasteiger charge is -2.21. The molecule has 0 fully saturated rings. The van der Waals surface area contributed by atoms with Gasteiger partial charge in [0, 0.05) is 12.1 Å². The van der Waals surface area contributed by atoms with Gasteiger partial charge < -0.3 is 10.5 Å². The summed E-state index contributed by atoms with van der Waals surface area (Å²) in [5.74, 6) is 1.73. The second-order valence-electron chi connectivity index (χ2n) is 6.65. The van der Waals surface area contributed by atoms with E-state index in [2.05, 4.69) is 58.9 Å². The molecular formula is C19H25NO. The molecule has 0 amide bonds. The lowest BCUT2D eigenvalue weighted by molar-refractivity contribution is 0.471. The van der Waals surface area contributed by atoms with E-state index in [4.69, 9.17) is 10.5 Å². The van der Waals surface area contributed by atoms with Gasteiger partial charge in [-0.25, -0.2) is 0 Å². The number of hydrogen-bond donors (Lipinski definition) is 1. The van der Waals surface area contributed by atoms with Crippen molar-refractivity contribution in [3.63, 3.8) is 0 Å². The van der Waals surface area contributed by atoms with Gasteiger partial charge in [-0.15, -0.1) is 0 Å². The van der Waals surface area contributed by atoms with Crippen molar-refractivity contribution in [3.05, 3.63) is 58.7 Å². The number of nitrogens with two attached hydrogens (primary N) is 1. The summed E-state index contributed by atoms with van der Waals surface area (Å²) in [6, 6.07) is 12.5. The maximum atomic E-state index is 6.07. The molecule has 0 radical (unpaired) electrons. The van der Waals surface area contributed by atoms with Crippen LogP contribution in [0.1, 0.15) is 43.0 Å². The third kappa shape index (κ3) is 3.64. The van der Waals surface area contributed by atoms with Gasteiger partial charge in [0.05, 0.1) is 0 Å². The number of hydrogen-bond acceptors (Lipinski definition) is 2. The van der Waals surface area contributed by atoms with Crippen LogP contribution in [0.3, 0.4) is 0 Å². The number of benzene rings is 2. The van der Waals surface area contributed by atoms with Crippen LogP contribution in [0.15, 0.2) is 36.4 Å². The maximum Gasteiger partial charge on any atom is 0.131 e. The highest BCUT2D eigenvalue weighted by Gasteiger charge is 2.15. The van der Waals surface area contributed by atoms with Gasteiger partial charge in [0.1, 0.15) is 11.5 Å². The van der Waals surface area contributed by atoms with E-state index in [1.165, 1.54) is 11.1 Å². The van der Waals surface area contributed by atoms with Crippen LogP contribution in [0, 0.1) is 13.8 Å². The minimum Gasteiger partial charge on any atom is -0.457 e. The Hall–Kier alpha value is -1.80. The van der Waals surface area contributed by atoms with Crippen LogP contribution >= 0.6 is 0 Å². The van der Waals surface area contributed by atoms with Crippen molar-refractivity contribution in [2.75, 3.05) is 0 Å². The van der Waals surface area contributed by atoms with Crippen LogP contribution in [-0.2, 0) is 12.0 Å². The van der Waals surface area contributed by atoms with Gasteiger partial charge in [-0.2, -0.15) is 0 Å². The average Bonchev–Trinajstić information content (AvgIpc) is 2.41. The first kappa shape index (κ1) is 15.6. The van der Waals surface area contributed by atoms with Crippen molar-refractivity contribution in [1.82, 2.24) is 0 Å². The summed E-state index contributed by atoms with van der Waals surface area (Å²) in [5.41, 5.74) is 10.7. The molecule has 112 valence electrons. The molecule has 0 aliphatic heterocycles. The Morgan fingerprint density at radius 3 is 2.19 bits per heavy atom. The Kier molecular flexibility index (Phi) is 4.38. The summed E-state index contributed by atoms with van der Waals surface area (Å²) in [6.45, 7) is 11.3. The van der Waals surface area contributed by atoms with Gasteiger partial charge in [0.15, 0.2) is 0 Å². The molecule has 2 N–H and O–H groups in total. The van der Waals surface area contributed by atoms with Crippen LogP contribution in [0.4, 0.5) is 0 Å². The van der Waals surface area contributed by atoms with Crippen LogP contribution in [0.2, 0.25) is 0 Å².